The van der Waals surface area contributed by atoms with E-state index in [4.69, 9.17) is 14.6 Å². The largest absolute Gasteiger partial charge is 0.490 e. The minimum atomic E-state index is -5.08. The molecular formula is C23H31F3N4O6. The van der Waals surface area contributed by atoms with E-state index >= 15 is 0 Å². The number of aromatic nitrogens is 1. The van der Waals surface area contributed by atoms with Crippen LogP contribution < -0.4 is 10.6 Å². The van der Waals surface area contributed by atoms with Crippen molar-refractivity contribution in [2.24, 2.45) is 0 Å². The molecule has 2 atom stereocenters. The molecule has 3 N–H and O–H groups in total. The first-order valence-electron chi connectivity index (χ1n) is 11.8. The van der Waals surface area contributed by atoms with Crippen LogP contribution in [0.4, 0.5) is 18.0 Å². The van der Waals surface area contributed by atoms with Crippen LogP contribution in [0, 0.1) is 0 Å². The first kappa shape index (κ1) is 28.9. The Morgan fingerprint density at radius 3 is 2.42 bits per heavy atom. The Balaban J connectivity index is 0.000000572. The topological polar surface area (TPSA) is 138 Å². The number of aliphatic carboxylic acids is 1. The normalized spacial score (nSPS) is 18.6. The summed E-state index contributed by atoms with van der Waals surface area (Å²) in [5.74, 6) is -3.10. The third-order valence-electron chi connectivity index (χ3n) is 5.81. The van der Waals surface area contributed by atoms with Crippen molar-refractivity contribution in [2.45, 2.75) is 76.2 Å². The number of carboxylic acids is 1. The molecule has 1 aromatic heterocycles. The second-order valence-corrected chi connectivity index (χ2v) is 8.47. The fraction of sp³-hybridized carbons (Fsp3) is 0.609. The molecule has 0 unspecified atom stereocenters. The Morgan fingerprint density at radius 2 is 1.86 bits per heavy atom. The number of halogens is 3. The maximum Gasteiger partial charge on any atom is 0.490 e. The lowest BCUT2D eigenvalue weighted by atomic mass is 10.1. The second kappa shape index (κ2) is 13.6. The lowest BCUT2D eigenvalue weighted by Crippen LogP contribution is -2.55. The van der Waals surface area contributed by atoms with Gasteiger partial charge in [0.15, 0.2) is 0 Å². The number of rotatable bonds is 7. The Morgan fingerprint density at radius 1 is 1.19 bits per heavy atom. The molecule has 0 aromatic carbocycles. The fourth-order valence-corrected chi connectivity index (χ4v) is 4.14. The summed E-state index contributed by atoms with van der Waals surface area (Å²) in [5.41, 5.74) is 0.828. The molecule has 3 rings (SSSR count). The van der Waals surface area contributed by atoms with E-state index in [-0.39, 0.29) is 24.5 Å². The third kappa shape index (κ3) is 9.00. The van der Waals surface area contributed by atoms with Crippen LogP contribution in [0.25, 0.3) is 0 Å². The number of carbonyl (C=O) groups excluding carboxylic acids is 3. The minimum absolute atomic E-state index is 0.0842. The number of hydrogen-bond acceptors (Lipinski definition) is 6. The number of likely N-dealkylation sites (tertiary alicyclic amines) is 1. The van der Waals surface area contributed by atoms with Crippen molar-refractivity contribution in [3.63, 3.8) is 0 Å². The summed E-state index contributed by atoms with van der Waals surface area (Å²) in [4.78, 5) is 52.7. The molecule has 1 aliphatic heterocycles. The molecule has 2 aliphatic rings. The molecule has 13 heteroatoms. The van der Waals surface area contributed by atoms with Crippen LogP contribution >= 0.6 is 0 Å². The lowest BCUT2D eigenvalue weighted by molar-refractivity contribution is -0.192. The molecule has 2 heterocycles. The van der Waals surface area contributed by atoms with Crippen LogP contribution in [0.3, 0.4) is 0 Å². The van der Waals surface area contributed by atoms with Gasteiger partial charge in [-0.05, 0) is 44.2 Å². The van der Waals surface area contributed by atoms with Crippen molar-refractivity contribution < 1.29 is 42.2 Å². The Kier molecular flexibility index (Phi) is 10.9. The van der Waals surface area contributed by atoms with E-state index in [2.05, 4.69) is 15.6 Å². The van der Waals surface area contributed by atoms with Gasteiger partial charge >= 0.3 is 18.2 Å². The first-order chi connectivity index (χ1) is 17.0. The smallest absolute Gasteiger partial charge is 0.475 e. The maximum absolute atomic E-state index is 13.3. The number of alkyl carbamates (subject to hydrolysis) is 1. The number of amides is 3. The molecule has 0 radical (unpaired) electrons. The molecule has 200 valence electrons. The third-order valence-corrected chi connectivity index (χ3v) is 5.81. The lowest BCUT2D eigenvalue weighted by Gasteiger charge is -2.29. The average molecular weight is 517 g/mol. The monoisotopic (exact) mass is 516 g/mol. The summed E-state index contributed by atoms with van der Waals surface area (Å²) in [6.07, 6.45) is 3.58. The number of alkyl halides is 3. The molecular weight excluding hydrogens is 485 g/mol. The van der Waals surface area contributed by atoms with Gasteiger partial charge in [0, 0.05) is 31.4 Å². The Bertz CT molecular complexity index is 894. The molecule has 1 aromatic rings. The van der Waals surface area contributed by atoms with Gasteiger partial charge < -0.3 is 25.4 Å². The van der Waals surface area contributed by atoms with Crippen molar-refractivity contribution in [1.29, 1.82) is 0 Å². The molecule has 10 nitrogen and oxygen atoms in total. The zero-order chi connectivity index (χ0) is 26.7. The molecule has 1 aliphatic carbocycles. The molecule has 3 amide bonds. The van der Waals surface area contributed by atoms with Crippen molar-refractivity contribution >= 4 is 23.9 Å². The molecule has 2 fully saturated rings. The highest BCUT2D eigenvalue weighted by atomic mass is 19.4. The zero-order valence-electron chi connectivity index (χ0n) is 19.9. The number of pyridine rings is 1. The summed E-state index contributed by atoms with van der Waals surface area (Å²) in [6, 6.07) is 2.56. The standard InChI is InChI=1S/C21H30N4O4.C2HF3O2/c1-2-29-21(28)24-17(13-15-7-5-11-22-14-15)20(27)25-12-6-10-18(25)19(26)23-16-8-3-4-9-16;3-2(4,5)1(6)7/h5,7,11,14,16-18H,2-4,6,8-10,12-13H2,1H3,(H,23,26)(H,24,28);(H,6,7)/t17-,18-;/m0./s1. The highest BCUT2D eigenvalue weighted by molar-refractivity contribution is 5.92. The number of hydrogen-bond donors (Lipinski definition) is 3. The van der Waals surface area contributed by atoms with Crippen LogP contribution in [0.5, 0.6) is 0 Å². The highest BCUT2D eigenvalue weighted by Crippen LogP contribution is 2.22. The number of nitrogens with one attached hydrogen (secondary N) is 2. The molecule has 1 saturated carbocycles. The summed E-state index contributed by atoms with van der Waals surface area (Å²) in [5, 5.41) is 12.9. The fourth-order valence-electron chi connectivity index (χ4n) is 4.14. The van der Waals surface area contributed by atoms with Crippen LogP contribution in [-0.4, -0.2) is 76.3 Å². The van der Waals surface area contributed by atoms with Gasteiger partial charge in [-0.1, -0.05) is 18.9 Å². The van der Waals surface area contributed by atoms with Crippen LogP contribution in [0.15, 0.2) is 24.5 Å². The zero-order valence-corrected chi connectivity index (χ0v) is 19.9. The van der Waals surface area contributed by atoms with E-state index in [1.165, 1.54) is 0 Å². The number of carboxylic acid groups (broad SMARTS) is 1. The molecule has 0 bridgehead atoms. The Labute approximate surface area is 206 Å². The number of carbonyl (C=O) groups is 4. The summed E-state index contributed by atoms with van der Waals surface area (Å²) in [7, 11) is 0. The summed E-state index contributed by atoms with van der Waals surface area (Å²) in [6.45, 7) is 2.44. The SMILES string of the molecule is CCOC(=O)N[C@@H](Cc1cccnc1)C(=O)N1CCC[C@H]1C(=O)NC1CCCC1.O=C(O)C(F)(F)F. The van der Waals surface area contributed by atoms with Gasteiger partial charge in [-0.2, -0.15) is 13.2 Å². The summed E-state index contributed by atoms with van der Waals surface area (Å²) >= 11 is 0. The minimum Gasteiger partial charge on any atom is -0.475 e. The van der Waals surface area contributed by atoms with Crippen molar-refractivity contribution in [3.8, 4) is 0 Å². The quantitative estimate of drug-likeness (QED) is 0.506. The van der Waals surface area contributed by atoms with Crippen LogP contribution in [0.1, 0.15) is 51.0 Å². The predicted octanol–water partition coefficient (Wildman–Crippen LogP) is 2.42. The van der Waals surface area contributed by atoms with E-state index in [0.29, 0.717) is 19.4 Å². The van der Waals surface area contributed by atoms with E-state index in [0.717, 1.165) is 37.7 Å². The van der Waals surface area contributed by atoms with Crippen molar-refractivity contribution in [3.05, 3.63) is 30.1 Å². The van der Waals surface area contributed by atoms with Crippen LogP contribution in [0.2, 0.25) is 0 Å². The Hall–Kier alpha value is -3.38. The maximum atomic E-state index is 13.3. The van der Waals surface area contributed by atoms with Gasteiger partial charge in [-0.3, -0.25) is 14.6 Å². The van der Waals surface area contributed by atoms with E-state index in [1.54, 1.807) is 30.3 Å². The van der Waals surface area contributed by atoms with Gasteiger partial charge in [-0.15, -0.1) is 0 Å². The van der Waals surface area contributed by atoms with E-state index in [1.807, 2.05) is 6.07 Å². The van der Waals surface area contributed by atoms with Crippen LogP contribution in [-0.2, 0) is 25.5 Å². The van der Waals surface area contributed by atoms with Gasteiger partial charge in [0.1, 0.15) is 12.1 Å². The van der Waals surface area contributed by atoms with Gasteiger partial charge in [0.2, 0.25) is 11.8 Å². The van der Waals surface area contributed by atoms with E-state index in [9.17, 15) is 27.6 Å². The van der Waals surface area contributed by atoms with Crippen molar-refractivity contribution in [1.82, 2.24) is 20.5 Å². The molecule has 0 spiro atoms. The number of nitrogens with zero attached hydrogens (tertiary/aromatic N) is 2. The average Bonchev–Trinajstić information content (AvgIpc) is 3.51. The van der Waals surface area contributed by atoms with Gasteiger partial charge in [0.05, 0.1) is 6.61 Å². The van der Waals surface area contributed by atoms with Gasteiger partial charge in [-0.25, -0.2) is 9.59 Å². The molecule has 36 heavy (non-hydrogen) atoms. The predicted molar refractivity (Wildman–Crippen MR) is 121 cm³/mol. The van der Waals surface area contributed by atoms with Gasteiger partial charge in [0.25, 0.3) is 0 Å². The van der Waals surface area contributed by atoms with Crippen molar-refractivity contribution in [2.75, 3.05) is 13.2 Å². The first-order valence-corrected chi connectivity index (χ1v) is 11.8. The summed E-state index contributed by atoms with van der Waals surface area (Å²) < 4.78 is 36.7. The van der Waals surface area contributed by atoms with E-state index < -0.39 is 30.3 Å². The molecule has 1 saturated heterocycles. The highest BCUT2D eigenvalue weighted by Gasteiger charge is 2.39. The second-order valence-electron chi connectivity index (χ2n) is 8.47. The number of ether oxygens (including phenoxy) is 1.